The number of imide groups is 1. The molecule has 9 rings (SSSR count). The minimum Gasteiger partial charge on any atom is -0.384 e. The van der Waals surface area contributed by atoms with Crippen LogP contribution in [0.15, 0.2) is 78.2 Å². The number of piperazine rings is 1. The summed E-state index contributed by atoms with van der Waals surface area (Å²) in [5.41, 5.74) is 3.80. The smallest absolute Gasteiger partial charge is 0.278 e. The third-order valence-corrected chi connectivity index (χ3v) is 12.4. The van der Waals surface area contributed by atoms with Gasteiger partial charge in [-0.1, -0.05) is 12.1 Å². The van der Waals surface area contributed by atoms with Crippen LogP contribution in [0.1, 0.15) is 50.3 Å². The van der Waals surface area contributed by atoms with Crippen LogP contribution in [0.25, 0.3) is 16.9 Å². The molecule has 3 fully saturated rings. The van der Waals surface area contributed by atoms with Crippen molar-refractivity contribution in [1.29, 1.82) is 0 Å². The number of pyridine rings is 1. The summed E-state index contributed by atoms with van der Waals surface area (Å²) in [5.74, 6) is 0.410. The van der Waals surface area contributed by atoms with E-state index >= 15 is 4.39 Å². The quantitative estimate of drug-likeness (QED) is 0.110. The Bertz CT molecular complexity index is 2500. The van der Waals surface area contributed by atoms with E-state index in [2.05, 4.69) is 54.3 Å². The number of aryl methyl sites for hydroxylation is 1. The average molecular weight is 816 g/mol. The first-order valence-electron chi connectivity index (χ1n) is 20.8. The van der Waals surface area contributed by atoms with Gasteiger partial charge in [-0.3, -0.25) is 24.6 Å². The lowest BCUT2D eigenvalue weighted by Gasteiger charge is -2.40. The zero-order valence-electron chi connectivity index (χ0n) is 33.7. The van der Waals surface area contributed by atoms with Crippen molar-refractivity contribution in [2.45, 2.75) is 63.6 Å². The second-order valence-corrected chi connectivity index (χ2v) is 16.6. The number of hydrogen-bond acceptors (Lipinski definition) is 12. The van der Waals surface area contributed by atoms with Gasteiger partial charge in [-0.2, -0.15) is 4.98 Å². The van der Waals surface area contributed by atoms with Crippen molar-refractivity contribution < 1.29 is 19.1 Å². The zero-order chi connectivity index (χ0) is 41.5. The van der Waals surface area contributed by atoms with Gasteiger partial charge in [-0.05, 0) is 99.0 Å². The molecule has 2 atom stereocenters. The molecule has 4 aliphatic rings. The molecule has 0 saturated carbocycles. The number of rotatable bonds is 11. The minimum absolute atomic E-state index is 0.248. The highest BCUT2D eigenvalue weighted by molar-refractivity contribution is 6.01. The van der Waals surface area contributed by atoms with Gasteiger partial charge in [0, 0.05) is 75.5 Å². The number of allylic oxidation sites excluding steroid dienone is 1. The van der Waals surface area contributed by atoms with Crippen molar-refractivity contribution in [2.75, 3.05) is 66.2 Å². The minimum atomic E-state index is -1.04. The van der Waals surface area contributed by atoms with Gasteiger partial charge in [0.05, 0.1) is 17.9 Å². The molecule has 3 aliphatic heterocycles. The molecule has 6 heterocycles. The Kier molecular flexibility index (Phi) is 10.6. The van der Waals surface area contributed by atoms with Crippen molar-refractivity contribution in [1.82, 2.24) is 34.5 Å². The molecule has 4 N–H and O–H groups in total. The number of benzene rings is 2. The second kappa shape index (κ2) is 16.1. The summed E-state index contributed by atoms with van der Waals surface area (Å²) in [6.45, 7) is 12.2. The Hall–Kier alpha value is -6.13. The van der Waals surface area contributed by atoms with E-state index in [1.807, 2.05) is 24.3 Å². The molecule has 3 saturated heterocycles. The molecule has 2 amide bonds. The maximum Gasteiger partial charge on any atom is 0.278 e. The van der Waals surface area contributed by atoms with Gasteiger partial charge in [0.1, 0.15) is 22.8 Å². The van der Waals surface area contributed by atoms with E-state index < -0.39 is 11.6 Å². The molecule has 2 aromatic carbocycles. The van der Waals surface area contributed by atoms with E-state index in [-0.39, 0.29) is 36.2 Å². The number of hydrogen-bond donors (Lipinski definition) is 4. The molecular formula is C44H50FN11O4. The standard InChI is InChI=1S/C44H50FN11O4/c1-3-18-55-42(59)33-26-46-43(51-40(33)56(55)37-12-4-29-14-17-44(2,60)39(29)49-37)48-30-5-8-32(9-6-30)53-23-21-52(22-24-53)27-28-15-19-54(20-16-28)36-11-7-31(25-34(36)45)47-35-10-13-38(57)50-41(35)58/h3-9,11-12,25-26,28,35,47,60H,1,10,13-24,27H2,2H3,(H,46,48,51)(H,50,57,58)/t35-,44+/m1/s1. The SMILES string of the molecule is C=CCn1c(=O)c2cnc(Nc3ccc(N4CCN(CC5CCN(c6ccc(N[C@@H]7CCC(=O)NC7=O)cc6F)CC5)CC4)cc3)nc2n1-c1ccc2c(n1)[C@@](C)(O)CC2. The third kappa shape index (κ3) is 7.84. The molecule has 3 aromatic heterocycles. The van der Waals surface area contributed by atoms with Crippen LogP contribution in [0.4, 0.5) is 33.1 Å². The maximum absolute atomic E-state index is 15.2. The monoisotopic (exact) mass is 815 g/mol. The summed E-state index contributed by atoms with van der Waals surface area (Å²) in [6.07, 6.45) is 7.17. The first kappa shape index (κ1) is 39.3. The Labute approximate surface area is 346 Å². The summed E-state index contributed by atoms with van der Waals surface area (Å²) in [4.78, 5) is 58.2. The summed E-state index contributed by atoms with van der Waals surface area (Å²) >= 11 is 0. The number of halogens is 1. The third-order valence-electron chi connectivity index (χ3n) is 12.4. The molecule has 0 bridgehead atoms. The lowest BCUT2D eigenvalue weighted by molar-refractivity contribution is -0.133. The van der Waals surface area contributed by atoms with E-state index in [1.165, 1.54) is 16.9 Å². The Morgan fingerprint density at radius 1 is 0.933 bits per heavy atom. The number of nitrogens with one attached hydrogen (secondary N) is 3. The molecule has 16 heteroatoms. The summed E-state index contributed by atoms with van der Waals surface area (Å²) in [7, 11) is 0. The number of aromatic nitrogens is 5. The van der Waals surface area contributed by atoms with Crippen molar-refractivity contribution >= 4 is 51.5 Å². The van der Waals surface area contributed by atoms with Crippen molar-refractivity contribution in [3.8, 4) is 5.82 Å². The molecule has 0 radical (unpaired) electrons. The number of nitrogens with zero attached hydrogens (tertiary/aromatic N) is 8. The molecule has 1 aliphatic carbocycles. The summed E-state index contributed by atoms with van der Waals surface area (Å²) in [5, 5.41) is 20.0. The number of fused-ring (bicyclic) bond motifs is 2. The number of anilines is 5. The van der Waals surface area contributed by atoms with Crippen molar-refractivity contribution in [3.63, 3.8) is 0 Å². The Morgan fingerprint density at radius 2 is 1.70 bits per heavy atom. The zero-order valence-corrected chi connectivity index (χ0v) is 33.7. The van der Waals surface area contributed by atoms with Crippen LogP contribution < -0.4 is 31.3 Å². The van der Waals surface area contributed by atoms with Crippen molar-refractivity contribution in [2.24, 2.45) is 5.92 Å². The van der Waals surface area contributed by atoms with Crippen LogP contribution in [-0.2, 0) is 28.2 Å². The average Bonchev–Trinajstić information content (AvgIpc) is 3.70. The number of carbonyl (C=O) groups excluding carboxylic acids is 2. The van der Waals surface area contributed by atoms with Gasteiger partial charge in [0.2, 0.25) is 17.8 Å². The maximum atomic E-state index is 15.2. The van der Waals surface area contributed by atoms with Crippen LogP contribution in [-0.4, -0.2) is 98.0 Å². The molecular weight excluding hydrogens is 766 g/mol. The first-order chi connectivity index (χ1) is 29.0. The molecule has 60 heavy (non-hydrogen) atoms. The first-order valence-corrected chi connectivity index (χ1v) is 20.8. The van der Waals surface area contributed by atoms with E-state index in [1.54, 1.807) is 29.8 Å². The highest BCUT2D eigenvalue weighted by Crippen LogP contribution is 2.36. The van der Waals surface area contributed by atoms with E-state index in [9.17, 15) is 19.5 Å². The van der Waals surface area contributed by atoms with E-state index in [4.69, 9.17) is 9.97 Å². The summed E-state index contributed by atoms with van der Waals surface area (Å²) < 4.78 is 18.5. The molecule has 0 unspecified atom stereocenters. The van der Waals surface area contributed by atoms with E-state index in [0.717, 1.165) is 82.0 Å². The largest absolute Gasteiger partial charge is 0.384 e. The lowest BCUT2D eigenvalue weighted by Crippen LogP contribution is -2.49. The van der Waals surface area contributed by atoms with Crippen LogP contribution in [0, 0.1) is 11.7 Å². The second-order valence-electron chi connectivity index (χ2n) is 16.6. The number of aliphatic hydroxyl groups is 1. The number of piperidine rings is 2. The normalized spacial score (nSPS) is 21.3. The molecule has 0 spiro atoms. The van der Waals surface area contributed by atoms with E-state index in [0.29, 0.717) is 58.6 Å². The van der Waals surface area contributed by atoms with Gasteiger partial charge in [-0.15, -0.1) is 6.58 Å². The Balaban J connectivity index is 0.781. The van der Waals surface area contributed by atoms with Crippen molar-refractivity contribution in [3.05, 3.63) is 101 Å². The van der Waals surface area contributed by atoms with Gasteiger partial charge in [-0.25, -0.2) is 23.7 Å². The molecule has 312 valence electrons. The molecule has 15 nitrogen and oxygen atoms in total. The highest BCUT2D eigenvalue weighted by Gasteiger charge is 2.34. The van der Waals surface area contributed by atoms with Gasteiger partial charge >= 0.3 is 0 Å². The fourth-order valence-electron chi connectivity index (χ4n) is 9.05. The summed E-state index contributed by atoms with van der Waals surface area (Å²) in [6, 6.07) is 16.5. The number of carbonyl (C=O) groups is 2. The number of amides is 2. The highest BCUT2D eigenvalue weighted by atomic mass is 19.1. The van der Waals surface area contributed by atoms with Crippen LogP contribution in [0.2, 0.25) is 0 Å². The van der Waals surface area contributed by atoms with Crippen LogP contribution in [0.5, 0.6) is 0 Å². The van der Waals surface area contributed by atoms with Crippen LogP contribution in [0.3, 0.4) is 0 Å². The topological polar surface area (TPSA) is 166 Å². The fraction of sp³-hybridized carbons (Fsp3) is 0.409. The Morgan fingerprint density at radius 3 is 2.43 bits per heavy atom. The molecule has 5 aromatic rings. The predicted octanol–water partition coefficient (Wildman–Crippen LogP) is 4.46. The van der Waals surface area contributed by atoms with Gasteiger partial charge < -0.3 is 25.5 Å². The van der Waals surface area contributed by atoms with Crippen LogP contribution >= 0.6 is 0 Å². The lowest BCUT2D eigenvalue weighted by atomic mass is 9.95. The predicted molar refractivity (Wildman–Crippen MR) is 229 cm³/mol. The van der Waals surface area contributed by atoms with Gasteiger partial charge in [0.25, 0.3) is 5.56 Å². The fourth-order valence-corrected chi connectivity index (χ4v) is 9.05. The van der Waals surface area contributed by atoms with Gasteiger partial charge in [0.15, 0.2) is 11.5 Å².